The second-order valence-corrected chi connectivity index (χ2v) is 4.51. The summed E-state index contributed by atoms with van der Waals surface area (Å²) in [5, 5.41) is 3.18. The molecule has 3 nitrogen and oxygen atoms in total. The van der Waals surface area contributed by atoms with Crippen LogP contribution in [0.15, 0.2) is 24.3 Å². The van der Waals surface area contributed by atoms with Crippen molar-refractivity contribution in [3.63, 3.8) is 0 Å². The Morgan fingerprint density at radius 2 is 2.18 bits per heavy atom. The lowest BCUT2D eigenvalue weighted by atomic mass is 10.1. The summed E-state index contributed by atoms with van der Waals surface area (Å²) >= 11 is 0. The second kappa shape index (κ2) is 5.27. The third-order valence-corrected chi connectivity index (χ3v) is 3.12. The van der Waals surface area contributed by atoms with Crippen molar-refractivity contribution in [2.75, 3.05) is 20.1 Å². The maximum absolute atomic E-state index is 12.7. The Morgan fingerprint density at radius 1 is 1.47 bits per heavy atom. The molecule has 1 aliphatic heterocycles. The smallest absolute Gasteiger partial charge is 0.227 e. The summed E-state index contributed by atoms with van der Waals surface area (Å²) in [5.41, 5.74) is 0.952. The van der Waals surface area contributed by atoms with Crippen molar-refractivity contribution in [1.82, 2.24) is 10.2 Å². The predicted octanol–water partition coefficient (Wildman–Crippen LogP) is 1.39. The molecule has 1 atom stereocenters. The number of nitrogens with zero attached hydrogens (tertiary/aromatic N) is 1. The fourth-order valence-electron chi connectivity index (χ4n) is 2.12. The van der Waals surface area contributed by atoms with Gasteiger partial charge in [0, 0.05) is 20.1 Å². The molecule has 17 heavy (non-hydrogen) atoms. The molecule has 0 spiro atoms. The van der Waals surface area contributed by atoms with E-state index in [-0.39, 0.29) is 17.6 Å². The van der Waals surface area contributed by atoms with E-state index in [0.29, 0.717) is 6.54 Å². The normalized spacial score (nSPS) is 19.3. The van der Waals surface area contributed by atoms with Crippen molar-refractivity contribution in [1.29, 1.82) is 0 Å². The summed E-state index contributed by atoms with van der Waals surface area (Å²) in [6, 6.07) is 6.27. The molecule has 0 aliphatic carbocycles. The van der Waals surface area contributed by atoms with E-state index in [1.165, 1.54) is 12.1 Å². The molecule has 1 unspecified atom stereocenters. The SMILES string of the molecule is CN(Cc1ccc(F)cc1)C(=O)C1CCNC1. The first-order chi connectivity index (χ1) is 8.16. The minimum Gasteiger partial charge on any atom is -0.341 e. The molecule has 0 radical (unpaired) electrons. The highest BCUT2D eigenvalue weighted by molar-refractivity contribution is 5.79. The van der Waals surface area contributed by atoms with Crippen molar-refractivity contribution < 1.29 is 9.18 Å². The summed E-state index contributed by atoms with van der Waals surface area (Å²) in [4.78, 5) is 13.7. The summed E-state index contributed by atoms with van der Waals surface area (Å²) in [6.45, 7) is 2.23. The largest absolute Gasteiger partial charge is 0.341 e. The van der Waals surface area contributed by atoms with Crippen LogP contribution in [0, 0.1) is 11.7 Å². The summed E-state index contributed by atoms with van der Waals surface area (Å²) < 4.78 is 12.7. The van der Waals surface area contributed by atoms with Gasteiger partial charge in [0.15, 0.2) is 0 Å². The van der Waals surface area contributed by atoms with Crippen LogP contribution in [-0.2, 0) is 11.3 Å². The average molecular weight is 236 g/mol. The summed E-state index contributed by atoms with van der Waals surface area (Å²) in [5.74, 6) is 0.0162. The van der Waals surface area contributed by atoms with E-state index in [1.807, 2.05) is 0 Å². The fraction of sp³-hybridized carbons (Fsp3) is 0.462. The molecule has 1 aliphatic rings. The average Bonchev–Trinajstić information content (AvgIpc) is 2.84. The number of carbonyl (C=O) groups is 1. The van der Waals surface area contributed by atoms with Gasteiger partial charge in [0.1, 0.15) is 5.82 Å². The molecular formula is C13H17FN2O. The molecule has 1 aromatic carbocycles. The van der Waals surface area contributed by atoms with Gasteiger partial charge in [0.2, 0.25) is 5.91 Å². The Bertz CT molecular complexity index is 385. The number of halogens is 1. The third kappa shape index (κ3) is 3.03. The van der Waals surface area contributed by atoms with Crippen molar-refractivity contribution in [3.05, 3.63) is 35.6 Å². The van der Waals surface area contributed by atoms with E-state index in [1.54, 1.807) is 24.1 Å². The molecule has 1 saturated heterocycles. The van der Waals surface area contributed by atoms with Gasteiger partial charge in [-0.15, -0.1) is 0 Å². The van der Waals surface area contributed by atoms with Crippen molar-refractivity contribution >= 4 is 5.91 Å². The fourth-order valence-corrected chi connectivity index (χ4v) is 2.12. The first kappa shape index (κ1) is 12.0. The number of nitrogens with one attached hydrogen (secondary N) is 1. The molecule has 4 heteroatoms. The zero-order valence-electron chi connectivity index (χ0n) is 9.95. The molecule has 0 bridgehead atoms. The quantitative estimate of drug-likeness (QED) is 0.860. The highest BCUT2D eigenvalue weighted by atomic mass is 19.1. The van der Waals surface area contributed by atoms with Gasteiger partial charge in [-0.25, -0.2) is 4.39 Å². The molecule has 1 N–H and O–H groups in total. The van der Waals surface area contributed by atoms with Gasteiger partial charge in [-0.1, -0.05) is 12.1 Å². The van der Waals surface area contributed by atoms with Crippen LogP contribution in [0.25, 0.3) is 0 Å². The molecule has 1 fully saturated rings. The number of carbonyl (C=O) groups excluding carboxylic acids is 1. The van der Waals surface area contributed by atoms with Crippen molar-refractivity contribution in [2.45, 2.75) is 13.0 Å². The van der Waals surface area contributed by atoms with E-state index in [4.69, 9.17) is 0 Å². The van der Waals surface area contributed by atoms with Crippen LogP contribution in [0.2, 0.25) is 0 Å². The monoisotopic (exact) mass is 236 g/mol. The number of benzene rings is 1. The van der Waals surface area contributed by atoms with E-state index in [9.17, 15) is 9.18 Å². The minimum atomic E-state index is -0.247. The molecule has 2 rings (SSSR count). The van der Waals surface area contributed by atoms with Gasteiger partial charge in [-0.3, -0.25) is 4.79 Å². The van der Waals surface area contributed by atoms with Crippen LogP contribution in [0.1, 0.15) is 12.0 Å². The summed E-state index contributed by atoms with van der Waals surface area (Å²) in [6.07, 6.45) is 0.909. The standard InChI is InChI=1S/C13H17FN2O/c1-16(13(17)11-6-7-15-8-11)9-10-2-4-12(14)5-3-10/h2-5,11,15H,6-9H2,1H3. The van der Waals surface area contributed by atoms with Crippen LogP contribution in [0.4, 0.5) is 4.39 Å². The van der Waals surface area contributed by atoms with Crippen LogP contribution in [-0.4, -0.2) is 30.9 Å². The van der Waals surface area contributed by atoms with Crippen LogP contribution >= 0.6 is 0 Å². The second-order valence-electron chi connectivity index (χ2n) is 4.51. The number of hydrogen-bond donors (Lipinski definition) is 1. The molecule has 0 saturated carbocycles. The molecule has 92 valence electrons. The summed E-state index contributed by atoms with van der Waals surface area (Å²) in [7, 11) is 1.80. The van der Waals surface area contributed by atoms with Gasteiger partial charge in [0.25, 0.3) is 0 Å². The van der Waals surface area contributed by atoms with Crippen LogP contribution in [0.3, 0.4) is 0 Å². The van der Waals surface area contributed by atoms with Gasteiger partial charge in [-0.05, 0) is 30.7 Å². The number of hydrogen-bond acceptors (Lipinski definition) is 2. The lowest BCUT2D eigenvalue weighted by molar-refractivity contribution is -0.134. The Balaban J connectivity index is 1.93. The zero-order chi connectivity index (χ0) is 12.3. The van der Waals surface area contributed by atoms with Crippen molar-refractivity contribution in [2.24, 2.45) is 5.92 Å². The first-order valence-electron chi connectivity index (χ1n) is 5.87. The van der Waals surface area contributed by atoms with Gasteiger partial charge < -0.3 is 10.2 Å². The van der Waals surface area contributed by atoms with Crippen molar-refractivity contribution in [3.8, 4) is 0 Å². The maximum Gasteiger partial charge on any atom is 0.227 e. The Hall–Kier alpha value is -1.42. The topological polar surface area (TPSA) is 32.3 Å². The van der Waals surface area contributed by atoms with E-state index >= 15 is 0 Å². The number of rotatable bonds is 3. The first-order valence-corrected chi connectivity index (χ1v) is 5.87. The lowest BCUT2D eigenvalue weighted by Crippen LogP contribution is -2.33. The number of amides is 1. The Kier molecular flexibility index (Phi) is 3.74. The van der Waals surface area contributed by atoms with Gasteiger partial charge in [0.05, 0.1) is 5.92 Å². The van der Waals surface area contributed by atoms with Gasteiger partial charge in [-0.2, -0.15) is 0 Å². The predicted molar refractivity (Wildman–Crippen MR) is 63.9 cm³/mol. The van der Waals surface area contributed by atoms with Gasteiger partial charge >= 0.3 is 0 Å². The minimum absolute atomic E-state index is 0.0976. The molecular weight excluding hydrogens is 219 g/mol. The molecule has 1 heterocycles. The molecule has 1 aromatic rings. The third-order valence-electron chi connectivity index (χ3n) is 3.12. The Morgan fingerprint density at radius 3 is 2.76 bits per heavy atom. The van der Waals surface area contributed by atoms with Crippen LogP contribution < -0.4 is 5.32 Å². The Labute approximate surface area is 101 Å². The maximum atomic E-state index is 12.7. The highest BCUT2D eigenvalue weighted by Crippen LogP contribution is 2.13. The van der Waals surface area contributed by atoms with E-state index in [0.717, 1.165) is 25.1 Å². The van der Waals surface area contributed by atoms with E-state index < -0.39 is 0 Å². The highest BCUT2D eigenvalue weighted by Gasteiger charge is 2.25. The van der Waals surface area contributed by atoms with E-state index in [2.05, 4.69) is 5.32 Å². The molecule has 0 aromatic heterocycles. The lowest BCUT2D eigenvalue weighted by Gasteiger charge is -2.20. The van der Waals surface area contributed by atoms with Crippen LogP contribution in [0.5, 0.6) is 0 Å². The zero-order valence-corrected chi connectivity index (χ0v) is 9.95. The molecule has 1 amide bonds.